The molecule has 1 aliphatic carbocycles. The maximum absolute atomic E-state index is 11.8. The fourth-order valence-electron chi connectivity index (χ4n) is 3.33. The van der Waals surface area contributed by atoms with Gasteiger partial charge in [0.1, 0.15) is 0 Å². The summed E-state index contributed by atoms with van der Waals surface area (Å²) in [6.45, 7) is 2.93. The average Bonchev–Trinajstić information content (AvgIpc) is 3.08. The van der Waals surface area contributed by atoms with Crippen LogP contribution in [0.15, 0.2) is 6.07 Å². The van der Waals surface area contributed by atoms with Crippen molar-refractivity contribution in [2.45, 2.75) is 38.6 Å². The molecule has 118 valence electrons. The Morgan fingerprint density at radius 3 is 2.71 bits per heavy atom. The number of nitrogens with zero attached hydrogens (tertiary/aromatic N) is 2. The highest BCUT2D eigenvalue weighted by molar-refractivity contribution is 7.91. The largest absolute Gasteiger partial charge is 0.314 e. The molecule has 0 amide bonds. The van der Waals surface area contributed by atoms with Gasteiger partial charge in [-0.3, -0.25) is 4.68 Å². The monoisotopic (exact) mass is 311 g/mol. The van der Waals surface area contributed by atoms with E-state index in [1.54, 1.807) is 0 Å². The highest BCUT2D eigenvalue weighted by Gasteiger charge is 2.35. The Kier molecular flexibility index (Phi) is 4.10. The van der Waals surface area contributed by atoms with E-state index in [2.05, 4.69) is 16.5 Å². The maximum Gasteiger partial charge on any atom is 0.150 e. The molecular weight excluding hydrogens is 286 g/mol. The Hall–Kier alpha value is -0.880. The minimum atomic E-state index is -2.81. The quantitative estimate of drug-likeness (QED) is 0.854. The van der Waals surface area contributed by atoms with Crippen molar-refractivity contribution in [2.75, 3.05) is 18.1 Å². The summed E-state index contributed by atoms with van der Waals surface area (Å²) >= 11 is 0. The van der Waals surface area contributed by atoms with E-state index in [1.807, 2.05) is 18.7 Å². The van der Waals surface area contributed by atoms with E-state index in [1.165, 1.54) is 18.5 Å². The Morgan fingerprint density at radius 2 is 2.19 bits per heavy atom. The standard InChI is InChI=1S/C15H25N3O2S/c1-11-7-15(18(2)17-11)8-13(9-16-14-3-4-14)12-5-6-21(19,20)10-12/h7,12-14,16H,3-6,8-10H2,1-2H3. The van der Waals surface area contributed by atoms with Crippen LogP contribution in [0.2, 0.25) is 0 Å². The molecule has 0 aromatic carbocycles. The molecule has 1 N–H and O–H groups in total. The number of aryl methyl sites for hydroxylation is 2. The molecule has 2 atom stereocenters. The molecule has 2 heterocycles. The van der Waals surface area contributed by atoms with Crippen molar-refractivity contribution < 1.29 is 8.42 Å². The van der Waals surface area contributed by atoms with E-state index >= 15 is 0 Å². The van der Waals surface area contributed by atoms with Crippen molar-refractivity contribution in [1.29, 1.82) is 0 Å². The van der Waals surface area contributed by atoms with Gasteiger partial charge >= 0.3 is 0 Å². The molecule has 1 saturated carbocycles. The number of sulfone groups is 1. The Labute approximate surface area is 127 Å². The lowest BCUT2D eigenvalue weighted by Crippen LogP contribution is -2.32. The lowest BCUT2D eigenvalue weighted by Gasteiger charge is -2.23. The first-order chi connectivity index (χ1) is 9.93. The van der Waals surface area contributed by atoms with Gasteiger partial charge in [0, 0.05) is 18.8 Å². The van der Waals surface area contributed by atoms with Gasteiger partial charge in [-0.2, -0.15) is 5.10 Å². The second-order valence-electron chi connectivity index (χ2n) is 6.71. The molecule has 0 spiro atoms. The minimum Gasteiger partial charge on any atom is -0.314 e. The number of hydrogen-bond donors (Lipinski definition) is 1. The van der Waals surface area contributed by atoms with Gasteiger partial charge in [-0.15, -0.1) is 0 Å². The summed E-state index contributed by atoms with van der Waals surface area (Å²) < 4.78 is 25.5. The molecule has 1 saturated heterocycles. The van der Waals surface area contributed by atoms with Crippen molar-refractivity contribution in [1.82, 2.24) is 15.1 Å². The van der Waals surface area contributed by atoms with Crippen LogP contribution < -0.4 is 5.32 Å². The number of aromatic nitrogens is 2. The predicted octanol–water partition coefficient (Wildman–Crippen LogP) is 1.07. The molecule has 1 aromatic rings. The normalized spacial score (nSPS) is 26.1. The third-order valence-electron chi connectivity index (χ3n) is 4.75. The first kappa shape index (κ1) is 15.0. The van der Waals surface area contributed by atoms with E-state index in [-0.39, 0.29) is 5.92 Å². The first-order valence-corrected chi connectivity index (χ1v) is 9.68. The van der Waals surface area contributed by atoms with Crippen molar-refractivity contribution in [3.05, 3.63) is 17.5 Å². The summed E-state index contributed by atoms with van der Waals surface area (Å²) in [5, 5.41) is 7.99. The molecule has 1 aliphatic heterocycles. The van der Waals surface area contributed by atoms with Crippen LogP contribution in [0, 0.1) is 18.8 Å². The molecule has 6 heteroatoms. The van der Waals surface area contributed by atoms with Crippen LogP contribution in [0.1, 0.15) is 30.7 Å². The van der Waals surface area contributed by atoms with Gasteiger partial charge in [-0.25, -0.2) is 8.42 Å². The topological polar surface area (TPSA) is 64.0 Å². The van der Waals surface area contributed by atoms with Crippen LogP contribution in [-0.2, 0) is 23.3 Å². The zero-order valence-electron chi connectivity index (χ0n) is 12.9. The first-order valence-electron chi connectivity index (χ1n) is 7.86. The van der Waals surface area contributed by atoms with Crippen LogP contribution in [0.4, 0.5) is 0 Å². The summed E-state index contributed by atoms with van der Waals surface area (Å²) in [6, 6.07) is 2.78. The summed E-state index contributed by atoms with van der Waals surface area (Å²) in [4.78, 5) is 0. The lowest BCUT2D eigenvalue weighted by molar-refractivity contribution is 0.336. The summed E-state index contributed by atoms with van der Waals surface area (Å²) in [5.41, 5.74) is 2.24. The maximum atomic E-state index is 11.8. The number of nitrogens with one attached hydrogen (secondary N) is 1. The molecule has 3 rings (SSSR count). The smallest absolute Gasteiger partial charge is 0.150 e. The molecule has 2 unspecified atom stereocenters. The van der Waals surface area contributed by atoms with Gasteiger partial charge in [0.25, 0.3) is 0 Å². The van der Waals surface area contributed by atoms with Crippen LogP contribution >= 0.6 is 0 Å². The summed E-state index contributed by atoms with van der Waals surface area (Å²) in [6.07, 6.45) is 4.26. The lowest BCUT2D eigenvalue weighted by atomic mass is 9.87. The van der Waals surface area contributed by atoms with Gasteiger partial charge in [0.2, 0.25) is 0 Å². The van der Waals surface area contributed by atoms with Crippen molar-refractivity contribution in [3.8, 4) is 0 Å². The summed E-state index contributed by atoms with van der Waals surface area (Å²) in [7, 11) is -0.839. The van der Waals surface area contributed by atoms with Crippen molar-refractivity contribution in [2.24, 2.45) is 18.9 Å². The average molecular weight is 311 g/mol. The third-order valence-corrected chi connectivity index (χ3v) is 6.54. The SMILES string of the molecule is Cc1cc(CC(CNC2CC2)C2CCS(=O)(=O)C2)n(C)n1. The molecule has 2 fully saturated rings. The minimum absolute atomic E-state index is 0.288. The van der Waals surface area contributed by atoms with Gasteiger partial charge in [-0.1, -0.05) is 0 Å². The fraction of sp³-hybridized carbons (Fsp3) is 0.800. The number of hydrogen-bond acceptors (Lipinski definition) is 4. The molecule has 5 nitrogen and oxygen atoms in total. The van der Waals surface area contributed by atoms with Crippen LogP contribution in [0.25, 0.3) is 0 Å². The van der Waals surface area contributed by atoms with Crippen LogP contribution in [-0.4, -0.2) is 42.3 Å². The van der Waals surface area contributed by atoms with E-state index in [0.717, 1.165) is 25.1 Å². The number of rotatable bonds is 6. The zero-order valence-corrected chi connectivity index (χ0v) is 13.7. The molecule has 2 aliphatic rings. The molecule has 21 heavy (non-hydrogen) atoms. The van der Waals surface area contributed by atoms with Gasteiger partial charge < -0.3 is 5.32 Å². The Bertz CT molecular complexity index is 604. The van der Waals surface area contributed by atoms with Gasteiger partial charge in [0.05, 0.1) is 17.2 Å². The van der Waals surface area contributed by atoms with Crippen LogP contribution in [0.3, 0.4) is 0 Å². The van der Waals surface area contributed by atoms with E-state index in [4.69, 9.17) is 0 Å². The van der Waals surface area contributed by atoms with Crippen LogP contribution in [0.5, 0.6) is 0 Å². The van der Waals surface area contributed by atoms with E-state index in [9.17, 15) is 8.42 Å². The third kappa shape index (κ3) is 3.86. The Morgan fingerprint density at radius 1 is 1.43 bits per heavy atom. The summed E-state index contributed by atoms with van der Waals surface area (Å²) in [5.74, 6) is 1.40. The predicted molar refractivity (Wildman–Crippen MR) is 82.9 cm³/mol. The fourth-order valence-corrected chi connectivity index (χ4v) is 5.25. The van der Waals surface area contributed by atoms with E-state index in [0.29, 0.717) is 23.5 Å². The molecule has 1 aromatic heterocycles. The zero-order chi connectivity index (χ0) is 15.0. The van der Waals surface area contributed by atoms with Gasteiger partial charge in [0.15, 0.2) is 9.84 Å². The molecule has 0 bridgehead atoms. The Balaban J connectivity index is 1.70. The highest BCUT2D eigenvalue weighted by atomic mass is 32.2. The van der Waals surface area contributed by atoms with Crippen molar-refractivity contribution >= 4 is 9.84 Å². The second kappa shape index (κ2) is 5.72. The van der Waals surface area contributed by atoms with Crippen molar-refractivity contribution in [3.63, 3.8) is 0 Å². The molecule has 0 radical (unpaired) electrons. The van der Waals surface area contributed by atoms with E-state index < -0.39 is 9.84 Å². The highest BCUT2D eigenvalue weighted by Crippen LogP contribution is 2.29. The second-order valence-corrected chi connectivity index (χ2v) is 8.94. The van der Waals surface area contributed by atoms with Gasteiger partial charge in [-0.05, 0) is 57.1 Å². The molecular formula is C15H25N3O2S.